The Hall–Kier alpha value is -3.13. The number of nitrogens with zero attached hydrogens (tertiary/aromatic N) is 2. The lowest BCUT2D eigenvalue weighted by atomic mass is 9.95. The molecule has 0 radical (unpaired) electrons. The number of carbonyl (C=O) groups is 2. The van der Waals surface area contributed by atoms with E-state index in [9.17, 15) is 14.0 Å². The maximum atomic E-state index is 13.4. The topological polar surface area (TPSA) is 68.3 Å². The molecule has 0 aliphatic carbocycles. The molecule has 182 valence electrons. The highest BCUT2D eigenvalue weighted by atomic mass is 19.1. The fourth-order valence-corrected chi connectivity index (χ4v) is 4.53. The van der Waals surface area contributed by atoms with Gasteiger partial charge in [-0.2, -0.15) is 0 Å². The Morgan fingerprint density at radius 2 is 1.74 bits per heavy atom. The number of carbonyl (C=O) groups excluding carboxylic acids is 2. The van der Waals surface area contributed by atoms with Crippen molar-refractivity contribution in [3.8, 4) is 11.5 Å². The van der Waals surface area contributed by atoms with E-state index in [1.807, 2.05) is 11.0 Å². The van der Waals surface area contributed by atoms with Crippen molar-refractivity contribution in [2.45, 2.75) is 31.3 Å². The molecule has 2 amide bonds. The van der Waals surface area contributed by atoms with Crippen molar-refractivity contribution in [3.63, 3.8) is 0 Å². The van der Waals surface area contributed by atoms with Crippen LogP contribution in [0.25, 0.3) is 0 Å². The highest BCUT2D eigenvalue weighted by Gasteiger charge is 2.42. The van der Waals surface area contributed by atoms with E-state index in [4.69, 9.17) is 14.2 Å². The molecule has 1 unspecified atom stereocenters. The normalized spacial score (nSPS) is 20.6. The molecule has 0 saturated carbocycles. The minimum absolute atomic E-state index is 0.00556. The predicted molar refractivity (Wildman–Crippen MR) is 125 cm³/mol. The minimum Gasteiger partial charge on any atom is -0.496 e. The Kier molecular flexibility index (Phi) is 7.67. The maximum absolute atomic E-state index is 13.4. The summed E-state index contributed by atoms with van der Waals surface area (Å²) in [5, 5.41) is 0. The van der Waals surface area contributed by atoms with Gasteiger partial charge in [0, 0.05) is 19.6 Å². The monoisotopic (exact) mass is 470 g/mol. The number of morpholine rings is 1. The lowest BCUT2D eigenvalue weighted by Gasteiger charge is -2.43. The number of halogens is 1. The van der Waals surface area contributed by atoms with E-state index in [1.165, 1.54) is 31.4 Å². The molecule has 0 spiro atoms. The summed E-state index contributed by atoms with van der Waals surface area (Å²) in [4.78, 5) is 30.1. The molecule has 2 aromatic carbocycles. The minimum atomic E-state index is -1.02. The first-order valence-corrected chi connectivity index (χ1v) is 11.7. The van der Waals surface area contributed by atoms with Gasteiger partial charge in [0.15, 0.2) is 0 Å². The summed E-state index contributed by atoms with van der Waals surface area (Å²) in [5.41, 5.74) is -0.554. The summed E-state index contributed by atoms with van der Waals surface area (Å²) in [6.45, 7) is 2.40. The number of benzene rings is 2. The van der Waals surface area contributed by atoms with E-state index in [1.54, 1.807) is 23.1 Å². The van der Waals surface area contributed by atoms with Crippen molar-refractivity contribution in [3.05, 3.63) is 59.9 Å². The Labute approximate surface area is 199 Å². The van der Waals surface area contributed by atoms with Gasteiger partial charge >= 0.3 is 0 Å². The van der Waals surface area contributed by atoms with E-state index < -0.39 is 5.60 Å². The van der Waals surface area contributed by atoms with Gasteiger partial charge in [-0.1, -0.05) is 12.1 Å². The molecule has 7 nitrogen and oxygen atoms in total. The Bertz CT molecular complexity index is 993. The second kappa shape index (κ2) is 10.9. The quantitative estimate of drug-likeness (QED) is 0.619. The van der Waals surface area contributed by atoms with Crippen molar-refractivity contribution in [1.29, 1.82) is 0 Å². The van der Waals surface area contributed by atoms with Crippen molar-refractivity contribution in [2.75, 3.05) is 46.5 Å². The third kappa shape index (κ3) is 5.67. The van der Waals surface area contributed by atoms with E-state index in [0.717, 1.165) is 32.4 Å². The van der Waals surface area contributed by atoms with Gasteiger partial charge in [0.25, 0.3) is 5.91 Å². The number of amides is 2. The molecule has 2 aliphatic heterocycles. The second-order valence-corrected chi connectivity index (χ2v) is 8.82. The van der Waals surface area contributed by atoms with Crippen LogP contribution in [-0.2, 0) is 9.53 Å². The fourth-order valence-electron chi connectivity index (χ4n) is 4.53. The molecule has 8 heteroatoms. The average molecular weight is 471 g/mol. The number of hydrogen-bond acceptors (Lipinski definition) is 5. The SMILES string of the molecule is COc1ccccc1C(=O)N1CCOC(COc2ccc(F)cc2)(CC(=O)N2CCCCC2)C1. The summed E-state index contributed by atoms with van der Waals surface area (Å²) in [7, 11) is 1.53. The van der Waals surface area contributed by atoms with Crippen LogP contribution >= 0.6 is 0 Å². The van der Waals surface area contributed by atoms with Crippen LogP contribution in [0.1, 0.15) is 36.0 Å². The van der Waals surface area contributed by atoms with Gasteiger partial charge in [-0.3, -0.25) is 9.59 Å². The molecule has 2 saturated heterocycles. The molecule has 34 heavy (non-hydrogen) atoms. The van der Waals surface area contributed by atoms with Crippen LogP contribution in [0.2, 0.25) is 0 Å². The van der Waals surface area contributed by atoms with Crippen LogP contribution < -0.4 is 9.47 Å². The number of methoxy groups -OCH3 is 1. The van der Waals surface area contributed by atoms with Gasteiger partial charge in [0.05, 0.1) is 32.2 Å². The first-order chi connectivity index (χ1) is 16.5. The molecule has 0 N–H and O–H groups in total. The smallest absolute Gasteiger partial charge is 0.257 e. The number of para-hydroxylation sites is 1. The maximum Gasteiger partial charge on any atom is 0.257 e. The number of likely N-dealkylation sites (tertiary alicyclic amines) is 1. The van der Waals surface area contributed by atoms with Crippen LogP contribution in [0.15, 0.2) is 48.5 Å². The van der Waals surface area contributed by atoms with Gasteiger partial charge in [-0.25, -0.2) is 4.39 Å². The third-order valence-corrected chi connectivity index (χ3v) is 6.37. The van der Waals surface area contributed by atoms with E-state index in [2.05, 4.69) is 0 Å². The van der Waals surface area contributed by atoms with Gasteiger partial charge in [-0.05, 0) is 55.7 Å². The Morgan fingerprint density at radius 1 is 1.00 bits per heavy atom. The van der Waals surface area contributed by atoms with Crippen LogP contribution in [0.5, 0.6) is 11.5 Å². The highest BCUT2D eigenvalue weighted by Crippen LogP contribution is 2.28. The first-order valence-electron chi connectivity index (χ1n) is 11.7. The third-order valence-electron chi connectivity index (χ3n) is 6.37. The molecule has 2 aromatic rings. The van der Waals surface area contributed by atoms with E-state index in [0.29, 0.717) is 23.6 Å². The zero-order valence-corrected chi connectivity index (χ0v) is 19.5. The van der Waals surface area contributed by atoms with Gasteiger partial charge in [-0.15, -0.1) is 0 Å². The number of ether oxygens (including phenoxy) is 3. The largest absolute Gasteiger partial charge is 0.496 e. The van der Waals surface area contributed by atoms with Crippen molar-refractivity contribution >= 4 is 11.8 Å². The lowest BCUT2D eigenvalue weighted by Crippen LogP contribution is -2.58. The van der Waals surface area contributed by atoms with Crippen molar-refractivity contribution in [1.82, 2.24) is 9.80 Å². The molecule has 2 aliphatic rings. The molecular weight excluding hydrogens is 439 g/mol. The highest BCUT2D eigenvalue weighted by molar-refractivity contribution is 5.97. The number of piperidine rings is 1. The number of hydrogen-bond donors (Lipinski definition) is 0. The standard InChI is InChI=1S/C26H31FN2O5/c1-32-23-8-4-3-7-22(23)25(31)29-15-16-34-26(18-29,17-24(30)28-13-5-2-6-14-28)19-33-21-11-9-20(27)10-12-21/h3-4,7-12H,2,5-6,13-19H2,1H3. The molecule has 2 heterocycles. The average Bonchev–Trinajstić information content (AvgIpc) is 2.88. The lowest BCUT2D eigenvalue weighted by molar-refractivity contribution is -0.153. The zero-order chi connectivity index (χ0) is 24.0. The van der Waals surface area contributed by atoms with Crippen LogP contribution in [0, 0.1) is 5.82 Å². The molecule has 0 aromatic heterocycles. The summed E-state index contributed by atoms with van der Waals surface area (Å²) in [6.07, 6.45) is 3.21. The molecule has 2 fully saturated rings. The summed E-state index contributed by atoms with van der Waals surface area (Å²) >= 11 is 0. The van der Waals surface area contributed by atoms with E-state index in [-0.39, 0.29) is 43.8 Å². The van der Waals surface area contributed by atoms with Crippen LogP contribution in [-0.4, -0.2) is 73.7 Å². The molecular formula is C26H31FN2O5. The van der Waals surface area contributed by atoms with Gasteiger partial charge < -0.3 is 24.0 Å². The molecule has 1 atom stereocenters. The second-order valence-electron chi connectivity index (χ2n) is 8.82. The van der Waals surface area contributed by atoms with Crippen molar-refractivity contribution in [2.24, 2.45) is 0 Å². The van der Waals surface area contributed by atoms with Gasteiger partial charge in [0.2, 0.25) is 5.91 Å². The fraction of sp³-hybridized carbons (Fsp3) is 0.462. The zero-order valence-electron chi connectivity index (χ0n) is 19.5. The molecule has 0 bridgehead atoms. The molecule has 4 rings (SSSR count). The summed E-state index contributed by atoms with van der Waals surface area (Å²) in [6, 6.07) is 12.8. The van der Waals surface area contributed by atoms with Crippen molar-refractivity contribution < 1.29 is 28.2 Å². The summed E-state index contributed by atoms with van der Waals surface area (Å²) in [5.74, 6) is 0.427. The number of rotatable bonds is 7. The van der Waals surface area contributed by atoms with Crippen LogP contribution in [0.4, 0.5) is 4.39 Å². The predicted octanol–water partition coefficient (Wildman–Crippen LogP) is 3.53. The van der Waals surface area contributed by atoms with E-state index >= 15 is 0 Å². The Balaban J connectivity index is 1.54. The van der Waals surface area contributed by atoms with Gasteiger partial charge in [0.1, 0.15) is 29.5 Å². The summed E-state index contributed by atoms with van der Waals surface area (Å²) < 4.78 is 30.8. The van der Waals surface area contributed by atoms with Crippen LogP contribution in [0.3, 0.4) is 0 Å². The first kappa shape index (κ1) is 24.0. The Morgan fingerprint density at radius 3 is 2.47 bits per heavy atom.